The monoisotopic (exact) mass is 332 g/mol. The van der Waals surface area contributed by atoms with Crippen LogP contribution in [0.4, 0.5) is 5.69 Å². The van der Waals surface area contributed by atoms with Crippen molar-refractivity contribution in [2.75, 3.05) is 0 Å². The van der Waals surface area contributed by atoms with Crippen molar-refractivity contribution in [2.24, 2.45) is 0 Å². The van der Waals surface area contributed by atoms with Gasteiger partial charge in [-0.15, -0.1) is 0 Å². The highest BCUT2D eigenvalue weighted by Gasteiger charge is 2.23. The van der Waals surface area contributed by atoms with Crippen LogP contribution in [0.25, 0.3) is 0 Å². The number of nitro groups is 1. The van der Waals surface area contributed by atoms with Crippen molar-refractivity contribution >= 4 is 27.6 Å². The predicted molar refractivity (Wildman–Crippen MR) is 71.8 cm³/mol. The van der Waals surface area contributed by atoms with E-state index in [0.29, 0.717) is 4.47 Å². The molecular weight excluding hydrogens is 318 g/mol. The predicted octanol–water partition coefficient (Wildman–Crippen LogP) is 2.12. The summed E-state index contributed by atoms with van der Waals surface area (Å²) in [5.41, 5.74) is 0.342. The summed E-state index contributed by atoms with van der Waals surface area (Å²) in [6.07, 6.45) is 0. The average Bonchev–Trinajstić information content (AvgIpc) is 2.18. The lowest BCUT2D eigenvalue weighted by Crippen LogP contribution is -2.16. The number of phenols is 1. The number of carboxylic acids is 1. The number of aliphatic carboxylic acids is 1. The molecule has 0 saturated heterocycles. The Labute approximate surface area is 119 Å². The zero-order valence-corrected chi connectivity index (χ0v) is 12.6. The molecule has 0 fully saturated rings. The fourth-order valence-electron chi connectivity index (χ4n) is 1.16. The summed E-state index contributed by atoms with van der Waals surface area (Å²) in [4.78, 5) is 19.0. The van der Waals surface area contributed by atoms with Crippen LogP contribution in [-0.4, -0.2) is 16.0 Å². The highest BCUT2D eigenvalue weighted by atomic mass is 79.9. The molecule has 0 aliphatic rings. The van der Waals surface area contributed by atoms with E-state index in [2.05, 4.69) is 15.9 Å². The minimum absolute atomic E-state index is 0.193. The molecule has 1 aromatic rings. The summed E-state index contributed by atoms with van der Waals surface area (Å²) in [6.45, 7) is 6.83. The number of carboxylic acid groups (broad SMARTS) is 1. The van der Waals surface area contributed by atoms with Crippen LogP contribution in [0.5, 0.6) is 5.75 Å². The van der Waals surface area contributed by atoms with Crippen molar-refractivity contribution < 1.29 is 19.9 Å². The van der Waals surface area contributed by atoms with E-state index in [1.165, 1.54) is 6.07 Å². The van der Waals surface area contributed by atoms with Crippen molar-refractivity contribution in [3.63, 3.8) is 0 Å². The molecule has 0 radical (unpaired) electrons. The molecule has 7 heteroatoms. The molecule has 6 nitrogen and oxygen atoms in total. The van der Waals surface area contributed by atoms with Gasteiger partial charge in [-0.2, -0.15) is 0 Å². The second-order valence-electron chi connectivity index (χ2n) is 4.82. The Morgan fingerprint density at radius 3 is 2.11 bits per heavy atom. The smallest absolute Gasteiger partial charge is 0.312 e. The number of rotatable bonds is 1. The molecule has 0 aromatic heterocycles. The topological polar surface area (TPSA) is 104 Å². The molecule has 106 valence electrons. The van der Waals surface area contributed by atoms with Crippen molar-refractivity contribution in [2.45, 2.75) is 33.1 Å². The number of benzene rings is 1. The molecule has 0 saturated carbocycles. The number of phenolic OH excluding ortho intramolecular Hbond substituents is 1. The molecular formula is C12H15BrNO5-. The number of aromatic hydroxyl groups is 1. The lowest BCUT2D eigenvalue weighted by atomic mass is 9.87. The molecule has 0 aliphatic carbocycles. The summed E-state index contributed by atoms with van der Waals surface area (Å²) in [7, 11) is 0. The fraction of sp³-hybridized carbons (Fsp3) is 0.417. The summed E-state index contributed by atoms with van der Waals surface area (Å²) in [5.74, 6) is -1.41. The van der Waals surface area contributed by atoms with Crippen LogP contribution in [-0.2, 0) is 10.2 Å². The number of carbonyl (C=O) groups is 1. The lowest BCUT2D eigenvalue weighted by molar-refractivity contribution is -0.386. The zero-order valence-electron chi connectivity index (χ0n) is 11.1. The first-order chi connectivity index (χ1) is 8.46. The number of hydrogen-bond donors (Lipinski definition) is 1. The van der Waals surface area contributed by atoms with E-state index in [1.807, 2.05) is 20.8 Å². The maximum Gasteiger partial charge on any atom is 0.312 e. The van der Waals surface area contributed by atoms with E-state index in [9.17, 15) is 15.2 Å². The van der Waals surface area contributed by atoms with E-state index >= 15 is 0 Å². The SMILES string of the molecule is CC(=O)[O-].CC(C)(C)c1cc(Br)c(O)c([N+](=O)[O-])c1. The zero-order chi connectivity index (χ0) is 15.4. The quantitative estimate of drug-likeness (QED) is 0.626. The molecule has 0 heterocycles. The van der Waals surface area contributed by atoms with Crippen LogP contribution >= 0.6 is 15.9 Å². The maximum atomic E-state index is 10.7. The lowest BCUT2D eigenvalue weighted by Gasteiger charge is -2.19. The van der Waals surface area contributed by atoms with Gasteiger partial charge in [-0.1, -0.05) is 20.8 Å². The van der Waals surface area contributed by atoms with Gasteiger partial charge in [-0.05, 0) is 39.9 Å². The van der Waals surface area contributed by atoms with Gasteiger partial charge in [0.1, 0.15) is 0 Å². The highest BCUT2D eigenvalue weighted by Crippen LogP contribution is 2.38. The van der Waals surface area contributed by atoms with Crippen LogP contribution in [0.3, 0.4) is 0 Å². The number of nitrogens with zero attached hydrogens (tertiary/aromatic N) is 1. The second-order valence-corrected chi connectivity index (χ2v) is 5.68. The molecule has 0 unspecified atom stereocenters. The Hall–Kier alpha value is -1.63. The molecule has 0 amide bonds. The summed E-state index contributed by atoms with van der Waals surface area (Å²) < 4.78 is 0.349. The van der Waals surface area contributed by atoms with E-state index in [-0.39, 0.29) is 16.9 Å². The molecule has 0 atom stereocenters. The molecule has 1 rings (SSSR count). The van der Waals surface area contributed by atoms with Gasteiger partial charge in [0.15, 0.2) is 0 Å². The number of halogens is 1. The van der Waals surface area contributed by atoms with Crippen molar-refractivity contribution in [1.29, 1.82) is 0 Å². The van der Waals surface area contributed by atoms with Crippen molar-refractivity contribution in [3.8, 4) is 5.75 Å². The second kappa shape index (κ2) is 6.51. The third kappa shape index (κ3) is 5.69. The van der Waals surface area contributed by atoms with Gasteiger partial charge in [0.2, 0.25) is 5.75 Å². The van der Waals surface area contributed by atoms with Gasteiger partial charge in [-0.25, -0.2) is 0 Å². The van der Waals surface area contributed by atoms with E-state index in [0.717, 1.165) is 12.5 Å². The van der Waals surface area contributed by atoms with Gasteiger partial charge in [-0.3, -0.25) is 10.1 Å². The van der Waals surface area contributed by atoms with Crippen LogP contribution < -0.4 is 5.11 Å². The molecule has 19 heavy (non-hydrogen) atoms. The Balaban J connectivity index is 0.000000711. The minimum atomic E-state index is -1.08. The Kier molecular flexibility index (Phi) is 5.95. The summed E-state index contributed by atoms with van der Waals surface area (Å²) >= 11 is 3.10. The standard InChI is InChI=1S/C10H12BrNO3.C2H4O2/c1-10(2,3)6-4-7(11)9(13)8(5-6)12(14)15;1-2(3)4/h4-5,13H,1-3H3;1H3,(H,3,4)/p-1. The van der Waals surface area contributed by atoms with Gasteiger partial charge in [0, 0.05) is 12.0 Å². The third-order valence-electron chi connectivity index (χ3n) is 2.11. The van der Waals surface area contributed by atoms with Crippen molar-refractivity contribution in [1.82, 2.24) is 0 Å². The fourth-order valence-corrected chi connectivity index (χ4v) is 1.61. The molecule has 1 aromatic carbocycles. The summed E-state index contributed by atoms with van der Waals surface area (Å²) in [5, 5.41) is 29.0. The van der Waals surface area contributed by atoms with Gasteiger partial charge in [0.05, 0.1) is 9.40 Å². The highest BCUT2D eigenvalue weighted by molar-refractivity contribution is 9.10. The first-order valence-corrected chi connectivity index (χ1v) is 6.11. The van der Waals surface area contributed by atoms with Crippen molar-refractivity contribution in [3.05, 3.63) is 32.3 Å². The number of nitro benzene ring substituents is 1. The van der Waals surface area contributed by atoms with Gasteiger partial charge in [0.25, 0.3) is 0 Å². The average molecular weight is 333 g/mol. The maximum absolute atomic E-state index is 10.7. The van der Waals surface area contributed by atoms with Crippen LogP contribution in [0.15, 0.2) is 16.6 Å². The number of carbonyl (C=O) groups excluding carboxylic acids is 1. The van der Waals surface area contributed by atoms with Crippen LogP contribution in [0.1, 0.15) is 33.3 Å². The first kappa shape index (κ1) is 17.4. The molecule has 0 aliphatic heterocycles. The van der Waals surface area contributed by atoms with E-state index in [1.54, 1.807) is 6.07 Å². The van der Waals surface area contributed by atoms with Gasteiger partial charge < -0.3 is 15.0 Å². The largest absolute Gasteiger partial charge is 0.550 e. The van der Waals surface area contributed by atoms with Gasteiger partial charge >= 0.3 is 5.69 Å². The third-order valence-corrected chi connectivity index (χ3v) is 2.71. The van der Waals surface area contributed by atoms with Crippen LogP contribution in [0, 0.1) is 10.1 Å². The van der Waals surface area contributed by atoms with Crippen LogP contribution in [0.2, 0.25) is 0 Å². The normalized spacial score (nSPS) is 10.4. The molecule has 0 spiro atoms. The van der Waals surface area contributed by atoms with E-state index in [4.69, 9.17) is 9.90 Å². The Morgan fingerprint density at radius 1 is 1.37 bits per heavy atom. The Morgan fingerprint density at radius 2 is 1.79 bits per heavy atom. The molecule has 1 N–H and O–H groups in total. The molecule has 0 bridgehead atoms. The number of hydrogen-bond acceptors (Lipinski definition) is 5. The van der Waals surface area contributed by atoms with E-state index < -0.39 is 10.9 Å². The first-order valence-electron chi connectivity index (χ1n) is 5.31. The Bertz CT molecular complexity index is 490. The summed E-state index contributed by atoms with van der Waals surface area (Å²) in [6, 6.07) is 3.10. The minimum Gasteiger partial charge on any atom is -0.550 e.